The fourth-order valence-electron chi connectivity index (χ4n) is 2.31. The van der Waals surface area contributed by atoms with Crippen molar-refractivity contribution in [1.82, 2.24) is 9.13 Å². The third-order valence-electron chi connectivity index (χ3n) is 3.90. The Labute approximate surface area is 137 Å². The number of benzene rings is 1. The van der Waals surface area contributed by atoms with Crippen molar-refractivity contribution in [2.75, 3.05) is 11.1 Å². The summed E-state index contributed by atoms with van der Waals surface area (Å²) in [7, 11) is 2.65. The fraction of sp³-hybridized carbons (Fsp3) is 0.312. The van der Waals surface area contributed by atoms with E-state index in [9.17, 15) is 18.8 Å². The van der Waals surface area contributed by atoms with Crippen LogP contribution in [0.25, 0.3) is 0 Å². The monoisotopic (exact) mass is 334 g/mol. The van der Waals surface area contributed by atoms with Crippen molar-refractivity contribution in [2.24, 2.45) is 14.1 Å². The summed E-state index contributed by atoms with van der Waals surface area (Å²) in [5.41, 5.74) is 5.01. The van der Waals surface area contributed by atoms with Crippen molar-refractivity contribution < 1.29 is 9.18 Å². The molecule has 0 amide bonds. The fourth-order valence-corrected chi connectivity index (χ4v) is 2.31. The minimum Gasteiger partial charge on any atom is -0.384 e. The van der Waals surface area contributed by atoms with Gasteiger partial charge in [0.15, 0.2) is 5.78 Å². The lowest BCUT2D eigenvalue weighted by atomic mass is 10.1. The molecule has 1 aromatic heterocycles. The number of nitrogens with one attached hydrogen (secondary N) is 1. The lowest BCUT2D eigenvalue weighted by molar-refractivity contribution is 0.0973. The van der Waals surface area contributed by atoms with E-state index in [0.717, 1.165) is 9.13 Å². The molecule has 0 unspecified atom stereocenters. The Hall–Kier alpha value is -2.90. The number of aromatic nitrogens is 2. The number of nitrogens with zero attached hydrogens (tertiary/aromatic N) is 2. The lowest BCUT2D eigenvalue weighted by Crippen LogP contribution is -2.43. The minimum absolute atomic E-state index is 0.197. The molecule has 24 heavy (non-hydrogen) atoms. The first-order chi connectivity index (χ1) is 11.1. The molecule has 0 saturated heterocycles. The van der Waals surface area contributed by atoms with Gasteiger partial charge in [-0.25, -0.2) is 9.18 Å². The van der Waals surface area contributed by atoms with Crippen LogP contribution in [0.4, 0.5) is 15.9 Å². The van der Waals surface area contributed by atoms with Crippen LogP contribution in [-0.4, -0.2) is 21.0 Å². The first kappa shape index (κ1) is 17.5. The van der Waals surface area contributed by atoms with Crippen LogP contribution in [0.5, 0.6) is 0 Å². The van der Waals surface area contributed by atoms with Crippen LogP contribution in [0.3, 0.4) is 0 Å². The molecule has 0 aliphatic heterocycles. The highest BCUT2D eigenvalue weighted by Gasteiger charge is 2.24. The third kappa shape index (κ3) is 2.94. The highest BCUT2D eigenvalue weighted by molar-refractivity contribution is 6.04. The van der Waals surface area contributed by atoms with Crippen LogP contribution in [0.1, 0.15) is 22.8 Å². The quantitative estimate of drug-likeness (QED) is 0.806. The first-order valence-electron chi connectivity index (χ1n) is 7.27. The van der Waals surface area contributed by atoms with Gasteiger partial charge in [-0.15, -0.1) is 0 Å². The zero-order chi connectivity index (χ0) is 18.2. The van der Waals surface area contributed by atoms with Crippen LogP contribution in [0, 0.1) is 12.7 Å². The molecule has 0 fully saturated rings. The molecule has 2 aromatic rings. The molecule has 7 nitrogen and oxygen atoms in total. The molecule has 0 radical (unpaired) electrons. The van der Waals surface area contributed by atoms with Crippen LogP contribution in [0.15, 0.2) is 27.8 Å². The maximum Gasteiger partial charge on any atom is 0.332 e. The molecule has 1 aromatic carbocycles. The molecule has 1 atom stereocenters. The summed E-state index contributed by atoms with van der Waals surface area (Å²) in [6, 6.07) is 3.64. The number of nitrogens with two attached hydrogens (primary N) is 1. The van der Waals surface area contributed by atoms with Gasteiger partial charge in [-0.1, -0.05) is 6.07 Å². The second kappa shape index (κ2) is 6.31. The second-order valence-corrected chi connectivity index (χ2v) is 5.66. The summed E-state index contributed by atoms with van der Waals surface area (Å²) in [4.78, 5) is 36.6. The maximum absolute atomic E-state index is 13.6. The summed E-state index contributed by atoms with van der Waals surface area (Å²) in [6.07, 6.45) is 0. The second-order valence-electron chi connectivity index (χ2n) is 5.66. The molecule has 0 bridgehead atoms. The number of aryl methyl sites for hydroxylation is 1. The Bertz CT molecular complexity index is 930. The molecular formula is C16H19FN4O3. The lowest BCUT2D eigenvalue weighted by Gasteiger charge is -2.17. The van der Waals surface area contributed by atoms with Crippen LogP contribution < -0.4 is 22.3 Å². The molecular weight excluding hydrogens is 315 g/mol. The Morgan fingerprint density at radius 1 is 1.25 bits per heavy atom. The van der Waals surface area contributed by atoms with Crippen molar-refractivity contribution in [2.45, 2.75) is 19.9 Å². The SMILES string of the molecule is Cc1ccc(N[C@@H](C)C(=O)c2c(N)n(C)c(=O)n(C)c2=O)cc1F. The van der Waals surface area contributed by atoms with Gasteiger partial charge in [-0.3, -0.25) is 18.7 Å². The van der Waals surface area contributed by atoms with Crippen molar-refractivity contribution in [3.05, 3.63) is 56.0 Å². The maximum atomic E-state index is 13.6. The highest BCUT2D eigenvalue weighted by Crippen LogP contribution is 2.16. The smallest absolute Gasteiger partial charge is 0.332 e. The topological polar surface area (TPSA) is 99.1 Å². The number of carbonyl (C=O) groups excluding carboxylic acids is 1. The van der Waals surface area contributed by atoms with E-state index in [1.54, 1.807) is 19.1 Å². The Morgan fingerprint density at radius 2 is 1.88 bits per heavy atom. The molecule has 0 aliphatic carbocycles. The standard InChI is InChI=1S/C16H19FN4O3/c1-8-5-6-10(7-11(8)17)19-9(2)13(22)12-14(18)20(3)16(24)21(4)15(12)23/h5-7,9,19H,18H2,1-4H3/t9-/m0/s1. The summed E-state index contributed by atoms with van der Waals surface area (Å²) < 4.78 is 15.5. The normalized spacial score (nSPS) is 12.0. The zero-order valence-corrected chi connectivity index (χ0v) is 13.9. The van der Waals surface area contributed by atoms with E-state index in [0.29, 0.717) is 11.3 Å². The summed E-state index contributed by atoms with van der Waals surface area (Å²) in [5.74, 6) is -1.18. The number of carbonyl (C=O) groups is 1. The number of Topliss-reactive ketones (excluding diaryl/α,β-unsaturated/α-hetero) is 1. The van der Waals surface area contributed by atoms with E-state index < -0.39 is 28.9 Å². The van der Waals surface area contributed by atoms with Gasteiger partial charge in [0.25, 0.3) is 5.56 Å². The number of anilines is 2. The van der Waals surface area contributed by atoms with Crippen molar-refractivity contribution >= 4 is 17.3 Å². The molecule has 2 rings (SSSR count). The van der Waals surface area contributed by atoms with E-state index in [1.165, 1.54) is 27.1 Å². The average molecular weight is 334 g/mol. The van der Waals surface area contributed by atoms with Crippen LogP contribution in [-0.2, 0) is 14.1 Å². The van der Waals surface area contributed by atoms with Gasteiger partial charge in [-0.05, 0) is 31.5 Å². The summed E-state index contributed by atoms with van der Waals surface area (Å²) >= 11 is 0. The molecule has 0 spiro atoms. The van der Waals surface area contributed by atoms with Gasteiger partial charge in [0.2, 0.25) is 0 Å². The molecule has 0 saturated carbocycles. The Morgan fingerprint density at radius 3 is 2.46 bits per heavy atom. The Kier molecular flexibility index (Phi) is 4.59. The van der Waals surface area contributed by atoms with Crippen molar-refractivity contribution in [3.63, 3.8) is 0 Å². The van der Waals surface area contributed by atoms with Gasteiger partial charge in [-0.2, -0.15) is 0 Å². The van der Waals surface area contributed by atoms with E-state index in [2.05, 4.69) is 5.32 Å². The molecule has 8 heteroatoms. The molecule has 0 aliphatic rings. The predicted molar refractivity (Wildman–Crippen MR) is 89.9 cm³/mol. The number of rotatable bonds is 4. The van der Waals surface area contributed by atoms with Gasteiger partial charge in [0.1, 0.15) is 17.2 Å². The third-order valence-corrected chi connectivity index (χ3v) is 3.90. The van der Waals surface area contributed by atoms with E-state index in [1.807, 2.05) is 0 Å². The average Bonchev–Trinajstić information content (AvgIpc) is 2.54. The summed E-state index contributed by atoms with van der Waals surface area (Å²) in [5, 5.41) is 2.84. The predicted octanol–water partition coefficient (Wildman–Crippen LogP) is 0.797. The number of hydrogen-bond donors (Lipinski definition) is 2. The molecule has 1 heterocycles. The van der Waals surface area contributed by atoms with Crippen molar-refractivity contribution in [1.29, 1.82) is 0 Å². The van der Waals surface area contributed by atoms with Gasteiger partial charge >= 0.3 is 5.69 Å². The minimum atomic E-state index is -0.834. The number of hydrogen-bond acceptors (Lipinski definition) is 5. The zero-order valence-electron chi connectivity index (χ0n) is 13.9. The summed E-state index contributed by atoms with van der Waals surface area (Å²) in [6.45, 7) is 3.16. The number of halogens is 1. The van der Waals surface area contributed by atoms with E-state index in [-0.39, 0.29) is 11.4 Å². The van der Waals surface area contributed by atoms with E-state index >= 15 is 0 Å². The van der Waals surface area contributed by atoms with Crippen LogP contribution in [0.2, 0.25) is 0 Å². The highest BCUT2D eigenvalue weighted by atomic mass is 19.1. The largest absolute Gasteiger partial charge is 0.384 e. The van der Waals surface area contributed by atoms with Crippen molar-refractivity contribution in [3.8, 4) is 0 Å². The van der Waals surface area contributed by atoms with Gasteiger partial charge < -0.3 is 11.1 Å². The van der Waals surface area contributed by atoms with E-state index in [4.69, 9.17) is 5.73 Å². The number of nitrogen functional groups attached to an aromatic ring is 1. The Balaban J connectivity index is 2.40. The molecule has 3 N–H and O–H groups in total. The number of ketones is 1. The first-order valence-corrected chi connectivity index (χ1v) is 7.27. The molecule has 128 valence electrons. The van der Waals surface area contributed by atoms with Crippen LogP contribution >= 0.6 is 0 Å². The van der Waals surface area contributed by atoms with Gasteiger partial charge in [0, 0.05) is 19.8 Å². The van der Waals surface area contributed by atoms with Gasteiger partial charge in [0.05, 0.1) is 6.04 Å².